The first-order chi connectivity index (χ1) is 13.5. The molecule has 28 heavy (non-hydrogen) atoms. The van der Waals surface area contributed by atoms with E-state index in [-0.39, 0.29) is 5.78 Å². The van der Waals surface area contributed by atoms with Gasteiger partial charge < -0.3 is 9.47 Å². The topological polar surface area (TPSA) is 35.5 Å². The Kier molecular flexibility index (Phi) is 6.66. The van der Waals surface area contributed by atoms with Crippen molar-refractivity contribution in [2.24, 2.45) is 0 Å². The zero-order valence-corrected chi connectivity index (χ0v) is 17.4. The van der Waals surface area contributed by atoms with Crippen molar-refractivity contribution < 1.29 is 14.3 Å². The van der Waals surface area contributed by atoms with Crippen LogP contribution < -0.4 is 9.47 Å². The third-order valence-electron chi connectivity index (χ3n) is 4.22. The van der Waals surface area contributed by atoms with Gasteiger partial charge in [-0.2, -0.15) is 0 Å². The molecule has 0 aliphatic rings. The molecular formula is C24H21BrO3. The number of allylic oxidation sites excluding steroid dienone is 1. The second-order valence-corrected chi connectivity index (χ2v) is 7.30. The fraction of sp³-hybridized carbons (Fsp3) is 0.125. The minimum absolute atomic E-state index is 0.0218. The molecule has 0 fully saturated rings. The van der Waals surface area contributed by atoms with Crippen LogP contribution in [0.15, 0.2) is 77.3 Å². The van der Waals surface area contributed by atoms with Crippen LogP contribution in [0.4, 0.5) is 0 Å². The Morgan fingerprint density at radius 2 is 1.86 bits per heavy atom. The summed E-state index contributed by atoms with van der Waals surface area (Å²) in [6.45, 7) is 2.34. The second kappa shape index (κ2) is 9.38. The van der Waals surface area contributed by atoms with Crippen molar-refractivity contribution in [1.82, 2.24) is 0 Å². The third-order valence-corrected chi connectivity index (χ3v) is 4.72. The molecule has 142 valence electrons. The highest BCUT2D eigenvalue weighted by molar-refractivity contribution is 9.10. The average Bonchev–Trinajstić information content (AvgIpc) is 2.70. The molecule has 0 saturated carbocycles. The lowest BCUT2D eigenvalue weighted by molar-refractivity contribution is 0.104. The van der Waals surface area contributed by atoms with Crippen LogP contribution in [0.25, 0.3) is 6.08 Å². The molecule has 0 aliphatic carbocycles. The summed E-state index contributed by atoms with van der Waals surface area (Å²) in [6, 6.07) is 21.0. The normalized spacial score (nSPS) is 10.8. The van der Waals surface area contributed by atoms with E-state index in [0.717, 1.165) is 32.7 Å². The van der Waals surface area contributed by atoms with Crippen LogP contribution in [0.3, 0.4) is 0 Å². The number of methoxy groups -OCH3 is 1. The largest absolute Gasteiger partial charge is 0.496 e. The van der Waals surface area contributed by atoms with Gasteiger partial charge in [-0.1, -0.05) is 57.9 Å². The standard InChI is InChI=1S/C24H21BrO3/c1-17-5-3-6-19(13-17)23(26)11-9-18-10-12-24(27-2)20(14-18)16-28-22-8-4-7-21(25)15-22/h3-15H,16H2,1-2H3/b11-9+. The second-order valence-electron chi connectivity index (χ2n) is 6.38. The monoisotopic (exact) mass is 436 g/mol. The van der Waals surface area contributed by atoms with Crippen molar-refractivity contribution in [3.63, 3.8) is 0 Å². The summed E-state index contributed by atoms with van der Waals surface area (Å²) in [6.07, 6.45) is 3.40. The number of hydrogen-bond acceptors (Lipinski definition) is 3. The van der Waals surface area contributed by atoms with Gasteiger partial charge in [-0.3, -0.25) is 4.79 Å². The maximum atomic E-state index is 12.4. The van der Waals surface area contributed by atoms with E-state index in [0.29, 0.717) is 12.2 Å². The van der Waals surface area contributed by atoms with E-state index in [1.165, 1.54) is 0 Å². The SMILES string of the molecule is COc1ccc(/C=C/C(=O)c2cccc(C)c2)cc1COc1cccc(Br)c1. The summed E-state index contributed by atoms with van der Waals surface area (Å²) in [5, 5.41) is 0. The summed E-state index contributed by atoms with van der Waals surface area (Å²) >= 11 is 3.44. The molecule has 0 heterocycles. The number of carbonyl (C=O) groups excluding carboxylic acids is 1. The van der Waals surface area contributed by atoms with E-state index in [4.69, 9.17) is 9.47 Å². The van der Waals surface area contributed by atoms with Crippen LogP contribution in [-0.2, 0) is 6.61 Å². The van der Waals surface area contributed by atoms with Gasteiger partial charge in [-0.05, 0) is 55.0 Å². The summed E-state index contributed by atoms with van der Waals surface area (Å²) in [4.78, 5) is 12.4. The van der Waals surface area contributed by atoms with Crippen molar-refractivity contribution in [2.45, 2.75) is 13.5 Å². The molecule has 0 saturated heterocycles. The first-order valence-corrected chi connectivity index (χ1v) is 9.69. The summed E-state index contributed by atoms with van der Waals surface area (Å²) < 4.78 is 12.3. The van der Waals surface area contributed by atoms with E-state index in [9.17, 15) is 4.79 Å². The lowest BCUT2D eigenvalue weighted by Crippen LogP contribution is -1.99. The third kappa shape index (κ3) is 5.33. The molecule has 3 nitrogen and oxygen atoms in total. The Bertz CT molecular complexity index is 1010. The van der Waals surface area contributed by atoms with Crippen molar-refractivity contribution >= 4 is 27.8 Å². The number of benzene rings is 3. The summed E-state index contributed by atoms with van der Waals surface area (Å²) in [5.74, 6) is 1.50. The molecule has 3 aromatic carbocycles. The molecule has 4 heteroatoms. The van der Waals surface area contributed by atoms with Crippen molar-refractivity contribution in [1.29, 1.82) is 0 Å². The fourth-order valence-corrected chi connectivity index (χ4v) is 3.18. The molecular weight excluding hydrogens is 416 g/mol. The smallest absolute Gasteiger partial charge is 0.185 e. The number of carbonyl (C=O) groups is 1. The molecule has 0 unspecified atom stereocenters. The van der Waals surface area contributed by atoms with Gasteiger partial charge in [0.15, 0.2) is 5.78 Å². The van der Waals surface area contributed by atoms with E-state index in [1.54, 1.807) is 13.2 Å². The van der Waals surface area contributed by atoms with Crippen LogP contribution >= 0.6 is 15.9 Å². The van der Waals surface area contributed by atoms with Crippen molar-refractivity contribution in [2.75, 3.05) is 7.11 Å². The first-order valence-electron chi connectivity index (χ1n) is 8.89. The van der Waals surface area contributed by atoms with Gasteiger partial charge >= 0.3 is 0 Å². The van der Waals surface area contributed by atoms with Crippen LogP contribution in [0.1, 0.15) is 27.0 Å². The van der Waals surface area contributed by atoms with Crippen LogP contribution in [0.5, 0.6) is 11.5 Å². The van der Waals surface area contributed by atoms with Gasteiger partial charge in [-0.25, -0.2) is 0 Å². The highest BCUT2D eigenvalue weighted by Gasteiger charge is 2.06. The molecule has 0 amide bonds. The number of aryl methyl sites for hydroxylation is 1. The maximum Gasteiger partial charge on any atom is 0.185 e. The number of hydrogen-bond donors (Lipinski definition) is 0. The van der Waals surface area contributed by atoms with E-state index >= 15 is 0 Å². The van der Waals surface area contributed by atoms with Gasteiger partial charge in [0.1, 0.15) is 18.1 Å². The van der Waals surface area contributed by atoms with E-state index in [2.05, 4.69) is 15.9 Å². The quantitative estimate of drug-likeness (QED) is 0.324. The van der Waals surface area contributed by atoms with Gasteiger partial charge in [0, 0.05) is 15.6 Å². The van der Waals surface area contributed by atoms with Crippen molar-refractivity contribution in [3.8, 4) is 11.5 Å². The zero-order valence-electron chi connectivity index (χ0n) is 15.8. The molecule has 3 rings (SSSR count). The number of rotatable bonds is 7. The lowest BCUT2D eigenvalue weighted by atomic mass is 10.1. The summed E-state index contributed by atoms with van der Waals surface area (Å²) in [5.41, 5.74) is 3.57. The maximum absolute atomic E-state index is 12.4. The van der Waals surface area contributed by atoms with Crippen LogP contribution in [-0.4, -0.2) is 12.9 Å². The highest BCUT2D eigenvalue weighted by Crippen LogP contribution is 2.24. The molecule has 0 atom stereocenters. The predicted molar refractivity (Wildman–Crippen MR) is 116 cm³/mol. The first kappa shape index (κ1) is 19.9. The van der Waals surface area contributed by atoms with Gasteiger partial charge in [0.25, 0.3) is 0 Å². The Morgan fingerprint density at radius 3 is 2.61 bits per heavy atom. The van der Waals surface area contributed by atoms with E-state index < -0.39 is 0 Å². The van der Waals surface area contributed by atoms with E-state index in [1.807, 2.05) is 79.7 Å². The zero-order chi connectivity index (χ0) is 19.9. The molecule has 0 bridgehead atoms. The minimum Gasteiger partial charge on any atom is -0.496 e. The molecule has 3 aromatic rings. The van der Waals surface area contributed by atoms with Gasteiger partial charge in [0.2, 0.25) is 0 Å². The molecule has 0 spiro atoms. The van der Waals surface area contributed by atoms with Crippen molar-refractivity contribution in [3.05, 3.63) is 99.5 Å². The molecule has 0 radical (unpaired) electrons. The lowest BCUT2D eigenvalue weighted by Gasteiger charge is -2.11. The summed E-state index contributed by atoms with van der Waals surface area (Å²) in [7, 11) is 1.63. The average molecular weight is 437 g/mol. The predicted octanol–water partition coefficient (Wildman–Crippen LogP) is 6.24. The fourth-order valence-electron chi connectivity index (χ4n) is 2.80. The Morgan fingerprint density at radius 1 is 1.04 bits per heavy atom. The Hall–Kier alpha value is -2.85. The Balaban J connectivity index is 1.75. The molecule has 0 N–H and O–H groups in total. The Labute approximate surface area is 173 Å². The number of ether oxygens (including phenoxy) is 2. The number of halogens is 1. The van der Waals surface area contributed by atoms with Crippen LogP contribution in [0, 0.1) is 6.92 Å². The van der Waals surface area contributed by atoms with Crippen LogP contribution in [0.2, 0.25) is 0 Å². The molecule has 0 aliphatic heterocycles. The van der Waals surface area contributed by atoms with Gasteiger partial charge in [-0.15, -0.1) is 0 Å². The minimum atomic E-state index is -0.0218. The van der Waals surface area contributed by atoms with Gasteiger partial charge in [0.05, 0.1) is 7.11 Å². The molecule has 0 aromatic heterocycles. The highest BCUT2D eigenvalue weighted by atomic mass is 79.9. The number of ketones is 1.